The van der Waals surface area contributed by atoms with Crippen LogP contribution in [0.3, 0.4) is 0 Å². The van der Waals surface area contributed by atoms with Gasteiger partial charge in [0, 0.05) is 12.0 Å². The van der Waals surface area contributed by atoms with E-state index in [1.807, 2.05) is 18.2 Å². The molecule has 1 fully saturated rings. The van der Waals surface area contributed by atoms with E-state index in [0.29, 0.717) is 6.61 Å². The molecule has 0 radical (unpaired) electrons. The number of rotatable bonds is 3. The summed E-state index contributed by atoms with van der Waals surface area (Å²) in [5.74, 6) is 0. The molecule has 0 bridgehead atoms. The summed E-state index contributed by atoms with van der Waals surface area (Å²) in [6.45, 7) is 2.75. The zero-order valence-electron chi connectivity index (χ0n) is 11.1. The predicted molar refractivity (Wildman–Crippen MR) is 74.9 cm³/mol. The van der Waals surface area contributed by atoms with Crippen LogP contribution < -0.4 is 0 Å². The summed E-state index contributed by atoms with van der Waals surface area (Å²) < 4.78 is 11.8. The average Bonchev–Trinajstić information content (AvgIpc) is 2.89. The maximum Gasteiger partial charge on any atom is 0.184 e. The molecule has 2 atom stereocenters. The Bertz CT molecular complexity index is 536. The third-order valence-corrected chi connectivity index (χ3v) is 3.50. The summed E-state index contributed by atoms with van der Waals surface area (Å²) in [5, 5.41) is 0. The second-order valence-electron chi connectivity index (χ2n) is 4.97. The van der Waals surface area contributed by atoms with Gasteiger partial charge in [0.1, 0.15) is 0 Å². The van der Waals surface area contributed by atoms with Crippen molar-refractivity contribution in [3.8, 4) is 0 Å². The third kappa shape index (κ3) is 2.86. The van der Waals surface area contributed by atoms with Crippen LogP contribution in [-0.4, -0.2) is 12.7 Å². The molecule has 2 nitrogen and oxygen atoms in total. The van der Waals surface area contributed by atoms with Crippen molar-refractivity contribution in [2.24, 2.45) is 0 Å². The molecule has 0 amide bonds. The fourth-order valence-electron chi connectivity index (χ4n) is 2.45. The first-order chi connectivity index (χ1) is 9.33. The Morgan fingerprint density at radius 3 is 2.53 bits per heavy atom. The Labute approximate surface area is 114 Å². The quantitative estimate of drug-likeness (QED) is 0.832. The Hall–Kier alpha value is -1.64. The van der Waals surface area contributed by atoms with E-state index >= 15 is 0 Å². The van der Waals surface area contributed by atoms with Crippen LogP contribution in [0.25, 0.3) is 0 Å². The van der Waals surface area contributed by atoms with Crippen LogP contribution in [0.5, 0.6) is 0 Å². The Morgan fingerprint density at radius 2 is 1.74 bits per heavy atom. The molecule has 2 aromatic carbocycles. The minimum absolute atomic E-state index is 0.145. The number of benzene rings is 2. The monoisotopic (exact) mass is 254 g/mol. The highest BCUT2D eigenvalue weighted by Crippen LogP contribution is 2.30. The van der Waals surface area contributed by atoms with Gasteiger partial charge in [-0.05, 0) is 18.1 Å². The van der Waals surface area contributed by atoms with Crippen molar-refractivity contribution in [3.05, 3.63) is 71.3 Å². The Balaban J connectivity index is 1.66. The van der Waals surface area contributed by atoms with E-state index < -0.39 is 0 Å². The molecule has 0 spiro atoms. The fraction of sp³-hybridized carbons (Fsp3) is 0.294. The van der Waals surface area contributed by atoms with E-state index in [0.717, 1.165) is 12.0 Å². The molecule has 1 aliphatic rings. The lowest BCUT2D eigenvalue weighted by molar-refractivity contribution is -0.0602. The topological polar surface area (TPSA) is 18.5 Å². The summed E-state index contributed by atoms with van der Waals surface area (Å²) in [4.78, 5) is 0. The first-order valence-electron chi connectivity index (χ1n) is 6.69. The van der Waals surface area contributed by atoms with Gasteiger partial charge in [0.25, 0.3) is 0 Å². The van der Waals surface area contributed by atoms with E-state index in [4.69, 9.17) is 9.47 Å². The lowest BCUT2D eigenvalue weighted by atomic mass is 10.1. The van der Waals surface area contributed by atoms with Gasteiger partial charge in [-0.3, -0.25) is 0 Å². The van der Waals surface area contributed by atoms with E-state index in [-0.39, 0.29) is 12.4 Å². The standard InChI is InChI=1S/C17H18O2/c1-13-7-5-6-10-16(13)17-18-12-15(19-17)11-14-8-3-2-4-9-14/h2-10,15,17H,11-12H2,1H3. The van der Waals surface area contributed by atoms with E-state index in [1.165, 1.54) is 11.1 Å². The molecule has 2 heteroatoms. The number of hydrogen-bond donors (Lipinski definition) is 0. The van der Waals surface area contributed by atoms with Crippen molar-refractivity contribution >= 4 is 0 Å². The van der Waals surface area contributed by atoms with Crippen molar-refractivity contribution in [3.63, 3.8) is 0 Å². The van der Waals surface area contributed by atoms with E-state index in [1.54, 1.807) is 0 Å². The molecule has 19 heavy (non-hydrogen) atoms. The zero-order valence-corrected chi connectivity index (χ0v) is 11.1. The summed E-state index contributed by atoms with van der Waals surface area (Å²) in [6.07, 6.45) is 0.838. The maximum absolute atomic E-state index is 6.01. The molecule has 1 saturated heterocycles. The Morgan fingerprint density at radius 1 is 1.00 bits per heavy atom. The highest BCUT2D eigenvalue weighted by molar-refractivity contribution is 5.27. The highest BCUT2D eigenvalue weighted by Gasteiger charge is 2.28. The van der Waals surface area contributed by atoms with Crippen LogP contribution in [0, 0.1) is 6.92 Å². The van der Waals surface area contributed by atoms with Crippen molar-refractivity contribution in [2.45, 2.75) is 25.7 Å². The van der Waals surface area contributed by atoms with Gasteiger partial charge < -0.3 is 9.47 Å². The van der Waals surface area contributed by atoms with Gasteiger partial charge in [0.15, 0.2) is 6.29 Å². The Kier molecular flexibility index (Phi) is 3.62. The summed E-state index contributed by atoms with van der Waals surface area (Å²) in [5.41, 5.74) is 3.65. The molecule has 0 N–H and O–H groups in total. The van der Waals surface area contributed by atoms with Crippen LogP contribution in [-0.2, 0) is 15.9 Å². The molecular weight excluding hydrogens is 236 g/mol. The van der Waals surface area contributed by atoms with Gasteiger partial charge >= 0.3 is 0 Å². The molecular formula is C17H18O2. The van der Waals surface area contributed by atoms with Gasteiger partial charge in [-0.1, -0.05) is 54.6 Å². The summed E-state index contributed by atoms with van der Waals surface area (Å²) in [6, 6.07) is 18.6. The maximum atomic E-state index is 6.01. The molecule has 0 aliphatic carbocycles. The van der Waals surface area contributed by atoms with Crippen LogP contribution in [0.1, 0.15) is 23.0 Å². The summed E-state index contributed by atoms with van der Waals surface area (Å²) in [7, 11) is 0. The smallest absolute Gasteiger partial charge is 0.184 e. The molecule has 98 valence electrons. The third-order valence-electron chi connectivity index (χ3n) is 3.50. The SMILES string of the molecule is Cc1ccccc1C1OCC(Cc2ccccc2)O1. The predicted octanol–water partition coefficient (Wildman–Crippen LogP) is 3.65. The second-order valence-corrected chi connectivity index (χ2v) is 4.97. The van der Waals surface area contributed by atoms with Gasteiger partial charge in [-0.25, -0.2) is 0 Å². The molecule has 0 saturated carbocycles. The molecule has 2 unspecified atom stereocenters. The lowest BCUT2D eigenvalue weighted by Gasteiger charge is -2.13. The highest BCUT2D eigenvalue weighted by atomic mass is 16.7. The van der Waals surface area contributed by atoms with Crippen LogP contribution in [0.4, 0.5) is 0 Å². The minimum Gasteiger partial charge on any atom is -0.346 e. The van der Waals surface area contributed by atoms with Gasteiger partial charge in [0.05, 0.1) is 12.7 Å². The van der Waals surface area contributed by atoms with Gasteiger partial charge in [0.2, 0.25) is 0 Å². The van der Waals surface area contributed by atoms with Crippen LogP contribution in [0.2, 0.25) is 0 Å². The van der Waals surface area contributed by atoms with Crippen molar-refractivity contribution in [1.29, 1.82) is 0 Å². The van der Waals surface area contributed by atoms with Crippen molar-refractivity contribution in [1.82, 2.24) is 0 Å². The fourth-order valence-corrected chi connectivity index (χ4v) is 2.45. The number of aryl methyl sites for hydroxylation is 1. The normalized spacial score (nSPS) is 22.6. The zero-order chi connectivity index (χ0) is 13.1. The van der Waals surface area contributed by atoms with E-state index in [9.17, 15) is 0 Å². The van der Waals surface area contributed by atoms with Gasteiger partial charge in [-0.15, -0.1) is 0 Å². The molecule has 3 rings (SSSR count). The minimum atomic E-state index is -0.213. The largest absolute Gasteiger partial charge is 0.346 e. The van der Waals surface area contributed by atoms with Gasteiger partial charge in [-0.2, -0.15) is 0 Å². The second kappa shape index (κ2) is 5.55. The van der Waals surface area contributed by atoms with Crippen molar-refractivity contribution in [2.75, 3.05) is 6.61 Å². The summed E-state index contributed by atoms with van der Waals surface area (Å²) >= 11 is 0. The number of hydrogen-bond acceptors (Lipinski definition) is 2. The first kappa shape index (κ1) is 12.4. The van der Waals surface area contributed by atoms with Crippen molar-refractivity contribution < 1.29 is 9.47 Å². The first-order valence-corrected chi connectivity index (χ1v) is 6.69. The number of ether oxygens (including phenoxy) is 2. The van der Waals surface area contributed by atoms with Crippen LogP contribution >= 0.6 is 0 Å². The molecule has 0 aromatic heterocycles. The van der Waals surface area contributed by atoms with Crippen LogP contribution in [0.15, 0.2) is 54.6 Å². The average molecular weight is 254 g/mol. The van der Waals surface area contributed by atoms with E-state index in [2.05, 4.69) is 43.3 Å². The molecule has 1 aliphatic heterocycles. The lowest BCUT2D eigenvalue weighted by Crippen LogP contribution is -2.13. The molecule has 2 aromatic rings. The molecule has 1 heterocycles.